The number of nitrogens with one attached hydrogen (secondary N) is 3. The van der Waals surface area contributed by atoms with E-state index in [1.807, 2.05) is 13.0 Å². The number of aldehydes is 1. The Labute approximate surface area is 275 Å². The summed E-state index contributed by atoms with van der Waals surface area (Å²) in [5, 5.41) is 22.1. The van der Waals surface area contributed by atoms with E-state index in [2.05, 4.69) is 10.6 Å². The van der Waals surface area contributed by atoms with E-state index in [0.29, 0.717) is 25.9 Å². The minimum Gasteiger partial charge on any atom is -0.480 e. The third-order valence-corrected chi connectivity index (χ3v) is 11.1. The molecule has 3 rings (SSSR count). The zero-order chi connectivity index (χ0) is 34.8. The normalized spacial score (nSPS) is 11.9. The minimum absolute atomic E-state index is 0.00880. The predicted octanol–water partition coefficient (Wildman–Crippen LogP) is 4.57. The van der Waals surface area contributed by atoms with E-state index in [1.165, 1.54) is 30.8 Å². The van der Waals surface area contributed by atoms with Gasteiger partial charge in [-0.15, -0.1) is 34.9 Å². The van der Waals surface area contributed by atoms with E-state index in [4.69, 9.17) is 15.9 Å². The van der Waals surface area contributed by atoms with Crippen molar-refractivity contribution < 1.29 is 45.9 Å². The van der Waals surface area contributed by atoms with Gasteiger partial charge < -0.3 is 21.5 Å². The highest BCUT2D eigenvalue weighted by Crippen LogP contribution is 2.39. The van der Waals surface area contributed by atoms with Crippen LogP contribution in [0.3, 0.4) is 0 Å². The van der Waals surface area contributed by atoms with Crippen LogP contribution in [0.25, 0.3) is 11.1 Å². The zero-order valence-electron chi connectivity index (χ0n) is 24.4. The van der Waals surface area contributed by atoms with Gasteiger partial charge in [-0.25, -0.2) is 13.2 Å². The summed E-state index contributed by atoms with van der Waals surface area (Å²) in [4.78, 5) is 44.5. The first-order chi connectivity index (χ1) is 21.4. The number of amides is 2. The van der Waals surface area contributed by atoms with Gasteiger partial charge in [-0.05, 0) is 48.6 Å². The van der Waals surface area contributed by atoms with Gasteiger partial charge >= 0.3 is 12.1 Å². The van der Waals surface area contributed by atoms with Crippen LogP contribution < -0.4 is 16.4 Å². The van der Waals surface area contributed by atoms with Gasteiger partial charge in [-0.1, -0.05) is 24.3 Å². The van der Waals surface area contributed by atoms with Crippen LogP contribution in [0.4, 0.5) is 18.9 Å². The van der Waals surface area contributed by atoms with E-state index < -0.39 is 40.2 Å². The standard InChI is InChI=1S/C26H28N4O6S4.C2HF3O/c1-14-6-4-9-18(30-22(32)13-38-12-19(25(33)34)29-15(2)31)23(14)16-7-5-8-17(10-16)40(35,36)21-11-20(24(27)28)39-26(21)37-3;3-2(4,5)1-6/h4-11,19H,12-13H2,1-3H3,(H3,27,28)(H,29,31)(H,30,32)(H,33,34);1H. The van der Waals surface area contributed by atoms with Crippen molar-refractivity contribution in [3.63, 3.8) is 0 Å². The first-order valence-electron chi connectivity index (χ1n) is 12.8. The van der Waals surface area contributed by atoms with E-state index in [9.17, 15) is 41.1 Å². The Morgan fingerprint density at radius 3 is 2.33 bits per heavy atom. The molecule has 0 saturated heterocycles. The number of benzene rings is 2. The number of carboxylic acid groups (broad SMARTS) is 1. The summed E-state index contributed by atoms with van der Waals surface area (Å²) < 4.78 is 59.0. The number of rotatable bonds is 12. The fourth-order valence-corrected chi connectivity index (χ4v) is 8.54. The van der Waals surface area contributed by atoms with Crippen molar-refractivity contribution >= 4 is 80.3 Å². The van der Waals surface area contributed by atoms with Gasteiger partial charge in [0.2, 0.25) is 27.9 Å². The van der Waals surface area contributed by atoms with E-state index in [-0.39, 0.29) is 33.0 Å². The summed E-state index contributed by atoms with van der Waals surface area (Å²) in [5.41, 5.74) is 8.08. The quantitative estimate of drug-likeness (QED) is 0.0766. The van der Waals surface area contributed by atoms with Crippen molar-refractivity contribution in [1.82, 2.24) is 5.32 Å². The SMILES string of the molecule is CSc1sc(C(=N)N)cc1S(=O)(=O)c1cccc(-c2c(C)cccc2NC(=O)CSCC(NC(C)=O)C(=O)O)c1.O=CC(F)(F)F. The van der Waals surface area contributed by atoms with Crippen LogP contribution in [0.2, 0.25) is 0 Å². The summed E-state index contributed by atoms with van der Waals surface area (Å²) in [6, 6.07) is 12.0. The predicted molar refractivity (Wildman–Crippen MR) is 172 cm³/mol. The molecule has 0 fully saturated rings. The molecule has 0 saturated carbocycles. The molecule has 3 aromatic rings. The smallest absolute Gasteiger partial charge is 0.446 e. The highest BCUT2D eigenvalue weighted by atomic mass is 32.2. The number of alkyl halides is 3. The number of carboxylic acids is 1. The van der Waals surface area contributed by atoms with Crippen LogP contribution in [0, 0.1) is 12.3 Å². The molecule has 1 aromatic heterocycles. The number of halogens is 3. The summed E-state index contributed by atoms with van der Waals surface area (Å²) in [6.45, 7) is 3.06. The third-order valence-electron chi connectivity index (χ3n) is 5.71. The second-order valence-corrected chi connectivity index (χ2v) is 14.3. The van der Waals surface area contributed by atoms with Crippen molar-refractivity contribution in [2.24, 2.45) is 5.73 Å². The van der Waals surface area contributed by atoms with Gasteiger partial charge in [0.1, 0.15) is 11.9 Å². The molecular formula is C28H29F3N4O7S4. The second-order valence-electron chi connectivity index (χ2n) is 9.22. The molecule has 0 radical (unpaired) electrons. The average molecular weight is 719 g/mol. The number of nitrogen functional groups attached to an aromatic ring is 1. The molecule has 2 aromatic carbocycles. The lowest BCUT2D eigenvalue weighted by molar-refractivity contribution is -0.156. The number of carbonyl (C=O) groups excluding carboxylic acids is 3. The Morgan fingerprint density at radius 2 is 1.78 bits per heavy atom. The molecule has 0 bridgehead atoms. The minimum atomic E-state index is -4.64. The molecule has 6 N–H and O–H groups in total. The summed E-state index contributed by atoms with van der Waals surface area (Å²) in [5.74, 6) is -2.30. The molecule has 11 nitrogen and oxygen atoms in total. The van der Waals surface area contributed by atoms with Crippen molar-refractivity contribution in [1.29, 1.82) is 5.41 Å². The molecule has 1 atom stereocenters. The lowest BCUT2D eigenvalue weighted by Gasteiger charge is -2.16. The van der Waals surface area contributed by atoms with Gasteiger partial charge in [-0.3, -0.25) is 19.8 Å². The highest BCUT2D eigenvalue weighted by molar-refractivity contribution is 8.01. The van der Waals surface area contributed by atoms with E-state index in [1.54, 1.807) is 36.6 Å². The molecule has 46 heavy (non-hydrogen) atoms. The molecule has 0 aliphatic heterocycles. The number of thioether (sulfide) groups is 2. The van der Waals surface area contributed by atoms with Crippen LogP contribution >= 0.6 is 34.9 Å². The van der Waals surface area contributed by atoms with Crippen LogP contribution in [-0.2, 0) is 29.0 Å². The number of aliphatic carboxylic acids is 1. The van der Waals surface area contributed by atoms with Gasteiger partial charge in [0, 0.05) is 23.9 Å². The number of sulfone groups is 1. The zero-order valence-corrected chi connectivity index (χ0v) is 27.7. The van der Waals surface area contributed by atoms with Crippen molar-refractivity contribution in [2.45, 2.75) is 40.1 Å². The van der Waals surface area contributed by atoms with Crippen molar-refractivity contribution in [3.8, 4) is 11.1 Å². The summed E-state index contributed by atoms with van der Waals surface area (Å²) >= 11 is 3.47. The van der Waals surface area contributed by atoms with Crippen LogP contribution in [0.5, 0.6) is 0 Å². The largest absolute Gasteiger partial charge is 0.480 e. The van der Waals surface area contributed by atoms with Gasteiger partial charge in [0.15, 0.2) is 0 Å². The molecule has 18 heteroatoms. The fraction of sp³-hybridized carbons (Fsp3) is 0.250. The van der Waals surface area contributed by atoms with Crippen molar-refractivity contribution in [2.75, 3.05) is 23.1 Å². The highest BCUT2D eigenvalue weighted by Gasteiger charge is 2.26. The number of anilines is 1. The number of hydrogen-bond acceptors (Lipinski definition) is 10. The first-order valence-corrected chi connectivity index (χ1v) is 17.5. The number of amidine groups is 1. The van der Waals surface area contributed by atoms with Crippen LogP contribution in [0.1, 0.15) is 17.4 Å². The lowest BCUT2D eigenvalue weighted by Crippen LogP contribution is -2.41. The molecular weight excluding hydrogens is 690 g/mol. The maximum atomic E-state index is 13.6. The molecule has 1 heterocycles. The molecule has 248 valence electrons. The maximum Gasteiger partial charge on any atom is 0.446 e. The maximum absolute atomic E-state index is 13.6. The van der Waals surface area contributed by atoms with Gasteiger partial charge in [0.25, 0.3) is 0 Å². The van der Waals surface area contributed by atoms with E-state index >= 15 is 0 Å². The molecule has 2 amide bonds. The molecule has 1 unspecified atom stereocenters. The number of thiophene rings is 1. The molecule has 0 spiro atoms. The number of hydrogen-bond donors (Lipinski definition) is 5. The number of nitrogens with two attached hydrogens (primary N) is 1. The summed E-state index contributed by atoms with van der Waals surface area (Å²) in [7, 11) is -3.94. The lowest BCUT2D eigenvalue weighted by atomic mass is 9.98. The average Bonchev–Trinajstić information content (AvgIpc) is 3.43. The Kier molecular flexibility index (Phi) is 13.8. The number of carbonyl (C=O) groups is 4. The van der Waals surface area contributed by atoms with E-state index in [0.717, 1.165) is 28.7 Å². The van der Waals surface area contributed by atoms with Gasteiger partial charge in [0.05, 0.1) is 24.6 Å². The Hall–Kier alpha value is -3.87. The molecule has 0 aliphatic rings. The Morgan fingerprint density at radius 1 is 1.15 bits per heavy atom. The Balaban J connectivity index is 0.00000112. The topological polar surface area (TPSA) is 197 Å². The Bertz CT molecular complexity index is 1730. The fourth-order valence-electron chi connectivity index (χ4n) is 3.80. The van der Waals surface area contributed by atoms with Crippen molar-refractivity contribution in [3.05, 3.63) is 59.0 Å². The monoisotopic (exact) mass is 718 g/mol. The first kappa shape index (κ1) is 38.3. The molecule has 0 aliphatic carbocycles. The summed E-state index contributed by atoms with van der Waals surface area (Å²) in [6.07, 6.45) is -3.94. The second kappa shape index (κ2) is 16.6. The third kappa shape index (κ3) is 10.9. The number of aryl methyl sites for hydroxylation is 1. The van der Waals surface area contributed by atoms with Gasteiger partial charge in [-0.2, -0.15) is 13.2 Å². The van der Waals surface area contributed by atoms with Crippen LogP contribution in [0.15, 0.2) is 62.5 Å². The van der Waals surface area contributed by atoms with Crippen LogP contribution in [-0.4, -0.2) is 73.4 Å².